The van der Waals surface area contributed by atoms with Gasteiger partial charge in [0.1, 0.15) is 11.6 Å². The number of nitrogens with one attached hydrogen (secondary N) is 2. The number of halogens is 1. The minimum absolute atomic E-state index is 0.137. The average molecular weight is 561 g/mol. The fourth-order valence-electron chi connectivity index (χ4n) is 4.92. The molecule has 206 valence electrons. The van der Waals surface area contributed by atoms with Gasteiger partial charge >= 0.3 is 6.09 Å². The maximum atomic E-state index is 13.6. The lowest BCUT2D eigenvalue weighted by Crippen LogP contribution is -2.52. The van der Waals surface area contributed by atoms with Gasteiger partial charge in [0.15, 0.2) is 0 Å². The quantitative estimate of drug-likeness (QED) is 0.547. The van der Waals surface area contributed by atoms with E-state index < -0.39 is 11.6 Å². The van der Waals surface area contributed by atoms with Gasteiger partial charge in [0.25, 0.3) is 5.91 Å². The summed E-state index contributed by atoms with van der Waals surface area (Å²) in [6, 6.07) is 8.65. The molecule has 1 atom stereocenters. The Kier molecular flexibility index (Phi) is 9.00. The number of hydrogen-bond donors (Lipinski definition) is 2. The highest BCUT2D eigenvalue weighted by Gasteiger charge is 2.35. The van der Waals surface area contributed by atoms with Crippen LogP contribution in [0.1, 0.15) is 54.4 Å². The number of likely N-dealkylation sites (tertiary alicyclic amines) is 1. The minimum atomic E-state index is -0.755. The van der Waals surface area contributed by atoms with Gasteiger partial charge in [-0.05, 0) is 94.8 Å². The largest absolute Gasteiger partial charge is 0.444 e. The number of rotatable bonds is 5. The molecule has 2 aliphatic heterocycles. The number of ether oxygens (including phenoxy) is 1. The molecule has 3 amide bonds. The van der Waals surface area contributed by atoms with E-state index in [1.54, 1.807) is 17.0 Å². The summed E-state index contributed by atoms with van der Waals surface area (Å²) < 4.78 is 6.02. The van der Waals surface area contributed by atoms with Crippen LogP contribution in [0.5, 0.6) is 0 Å². The monoisotopic (exact) mass is 560 g/mol. The van der Waals surface area contributed by atoms with Crippen LogP contribution in [0.2, 0.25) is 4.34 Å². The second kappa shape index (κ2) is 12.1. The third kappa shape index (κ3) is 7.48. The highest BCUT2D eigenvalue weighted by Crippen LogP contribution is 2.27. The number of thiophene rings is 1. The van der Waals surface area contributed by atoms with Crippen LogP contribution in [-0.4, -0.2) is 72.6 Å². The molecule has 2 aliphatic rings. The number of anilines is 1. The summed E-state index contributed by atoms with van der Waals surface area (Å²) in [7, 11) is 2.12. The lowest BCUT2D eigenvalue weighted by Gasteiger charge is -2.36. The fourth-order valence-corrected chi connectivity index (χ4v) is 5.87. The van der Waals surface area contributed by atoms with Gasteiger partial charge in [0, 0.05) is 31.9 Å². The van der Waals surface area contributed by atoms with Crippen LogP contribution in [0.15, 0.2) is 30.3 Å². The van der Waals surface area contributed by atoms with Crippen LogP contribution in [0.4, 0.5) is 10.5 Å². The standard InChI is InChI=1S/C28H37ClN4O4S/c1-28(2,3)37-27(36)33-15-11-19(12-16-33)24(31-25(34)22-7-8-23(29)38-22)26(35)30-21-6-5-18-9-13-32(4)14-10-20(18)17-21/h5-8,17,19,24H,9-16H2,1-4H3,(H,30,35)(H,31,34). The van der Waals surface area contributed by atoms with Crippen molar-refractivity contribution in [1.29, 1.82) is 0 Å². The number of fused-ring (bicyclic) bond motifs is 1. The smallest absolute Gasteiger partial charge is 0.410 e. The van der Waals surface area contributed by atoms with Crippen molar-refractivity contribution in [3.63, 3.8) is 0 Å². The zero-order valence-electron chi connectivity index (χ0n) is 22.5. The highest BCUT2D eigenvalue weighted by atomic mass is 35.5. The Morgan fingerprint density at radius 3 is 2.34 bits per heavy atom. The van der Waals surface area contributed by atoms with E-state index in [4.69, 9.17) is 16.3 Å². The van der Waals surface area contributed by atoms with E-state index in [1.807, 2.05) is 26.8 Å². The number of hydrogen-bond acceptors (Lipinski definition) is 6. The first-order valence-corrected chi connectivity index (χ1v) is 14.3. The summed E-state index contributed by atoms with van der Waals surface area (Å²) in [5.41, 5.74) is 2.70. The average Bonchev–Trinajstić information content (AvgIpc) is 3.21. The number of carbonyl (C=O) groups is 3. The fraction of sp³-hybridized carbons (Fsp3) is 0.536. The maximum absolute atomic E-state index is 13.6. The Balaban J connectivity index is 1.47. The van der Waals surface area contributed by atoms with E-state index in [0.717, 1.165) is 31.6 Å². The first kappa shape index (κ1) is 28.4. The van der Waals surface area contributed by atoms with Crippen LogP contribution in [0.3, 0.4) is 0 Å². The molecule has 1 fully saturated rings. The van der Waals surface area contributed by atoms with Crippen molar-refractivity contribution in [1.82, 2.24) is 15.1 Å². The number of benzene rings is 1. The number of amides is 3. The van der Waals surface area contributed by atoms with E-state index in [1.165, 1.54) is 22.5 Å². The summed E-state index contributed by atoms with van der Waals surface area (Å²) in [5.74, 6) is -0.730. The summed E-state index contributed by atoms with van der Waals surface area (Å²) in [6.45, 7) is 8.42. The van der Waals surface area contributed by atoms with Crippen molar-refractivity contribution < 1.29 is 19.1 Å². The third-order valence-electron chi connectivity index (χ3n) is 7.03. The molecule has 0 aliphatic carbocycles. The predicted octanol–water partition coefficient (Wildman–Crippen LogP) is 4.82. The Morgan fingerprint density at radius 1 is 1.03 bits per heavy atom. The molecule has 3 heterocycles. The van der Waals surface area contributed by atoms with Crippen molar-refractivity contribution >= 4 is 46.5 Å². The van der Waals surface area contributed by atoms with Crippen molar-refractivity contribution in [3.8, 4) is 0 Å². The Hall–Kier alpha value is -2.62. The zero-order chi connectivity index (χ0) is 27.4. The molecule has 8 nitrogen and oxygen atoms in total. The number of likely N-dealkylation sites (N-methyl/N-ethyl adjacent to an activating group) is 1. The van der Waals surface area contributed by atoms with Gasteiger partial charge < -0.3 is 25.2 Å². The lowest BCUT2D eigenvalue weighted by molar-refractivity contribution is -0.119. The van der Waals surface area contributed by atoms with E-state index in [2.05, 4.69) is 34.7 Å². The van der Waals surface area contributed by atoms with Gasteiger partial charge in [-0.1, -0.05) is 17.7 Å². The van der Waals surface area contributed by atoms with Crippen LogP contribution < -0.4 is 10.6 Å². The van der Waals surface area contributed by atoms with Crippen molar-refractivity contribution in [2.24, 2.45) is 5.92 Å². The summed E-state index contributed by atoms with van der Waals surface area (Å²) >= 11 is 7.21. The van der Waals surface area contributed by atoms with E-state index in [-0.39, 0.29) is 23.8 Å². The lowest BCUT2D eigenvalue weighted by atomic mass is 9.88. The minimum Gasteiger partial charge on any atom is -0.444 e. The molecular weight excluding hydrogens is 524 g/mol. The molecule has 10 heteroatoms. The molecule has 0 saturated carbocycles. The third-order valence-corrected chi connectivity index (χ3v) is 8.26. The molecule has 4 rings (SSSR count). The first-order valence-electron chi connectivity index (χ1n) is 13.1. The molecule has 0 bridgehead atoms. The SMILES string of the molecule is CN1CCc2ccc(NC(=O)C(NC(=O)c3ccc(Cl)s3)C3CCN(C(=O)OC(C)(C)C)CC3)cc2CC1. The Labute approximate surface area is 233 Å². The molecular formula is C28H37ClN4O4S. The molecule has 2 N–H and O–H groups in total. The summed E-state index contributed by atoms with van der Waals surface area (Å²) in [5, 5.41) is 6.01. The molecule has 1 aromatic heterocycles. The molecule has 2 aromatic rings. The predicted molar refractivity (Wildman–Crippen MR) is 151 cm³/mol. The second-order valence-electron chi connectivity index (χ2n) is 11.1. The Bertz CT molecular complexity index is 1170. The first-order chi connectivity index (χ1) is 18.0. The normalized spacial score (nSPS) is 17.8. The van der Waals surface area contributed by atoms with Crippen molar-refractivity contribution in [2.45, 2.75) is 58.1 Å². The Morgan fingerprint density at radius 2 is 1.71 bits per heavy atom. The number of nitrogens with zero attached hydrogens (tertiary/aromatic N) is 2. The number of carbonyl (C=O) groups excluding carboxylic acids is 3. The van der Waals surface area contributed by atoms with Crippen LogP contribution in [0, 0.1) is 5.92 Å². The van der Waals surface area contributed by atoms with Gasteiger partial charge in [-0.15, -0.1) is 11.3 Å². The van der Waals surface area contributed by atoms with Gasteiger partial charge in [-0.25, -0.2) is 4.79 Å². The molecule has 0 radical (unpaired) electrons. The van der Waals surface area contributed by atoms with E-state index in [9.17, 15) is 14.4 Å². The van der Waals surface area contributed by atoms with Crippen LogP contribution in [-0.2, 0) is 22.4 Å². The second-order valence-corrected chi connectivity index (χ2v) is 12.9. The topological polar surface area (TPSA) is 91.0 Å². The molecule has 38 heavy (non-hydrogen) atoms. The molecule has 1 aromatic carbocycles. The summed E-state index contributed by atoms with van der Waals surface area (Å²) in [4.78, 5) is 43.6. The van der Waals surface area contributed by atoms with Crippen molar-refractivity contribution in [3.05, 3.63) is 50.7 Å². The molecule has 1 saturated heterocycles. The highest BCUT2D eigenvalue weighted by molar-refractivity contribution is 7.18. The van der Waals surface area contributed by atoms with E-state index in [0.29, 0.717) is 35.1 Å². The van der Waals surface area contributed by atoms with Gasteiger partial charge in [-0.2, -0.15) is 0 Å². The zero-order valence-corrected chi connectivity index (χ0v) is 24.1. The summed E-state index contributed by atoms with van der Waals surface area (Å²) in [6.07, 6.45) is 2.69. The van der Waals surface area contributed by atoms with E-state index >= 15 is 0 Å². The van der Waals surface area contributed by atoms with Gasteiger partial charge in [0.2, 0.25) is 5.91 Å². The molecule has 1 unspecified atom stereocenters. The number of piperidine rings is 1. The molecule has 0 spiro atoms. The van der Waals surface area contributed by atoms with Crippen molar-refractivity contribution in [2.75, 3.05) is 38.5 Å². The maximum Gasteiger partial charge on any atom is 0.410 e. The van der Waals surface area contributed by atoms with Crippen LogP contribution in [0.25, 0.3) is 0 Å². The van der Waals surface area contributed by atoms with Gasteiger partial charge in [0.05, 0.1) is 9.21 Å². The van der Waals surface area contributed by atoms with Crippen LogP contribution >= 0.6 is 22.9 Å². The van der Waals surface area contributed by atoms with Gasteiger partial charge in [-0.3, -0.25) is 9.59 Å².